The Balaban J connectivity index is 0.000000440. The van der Waals surface area contributed by atoms with Crippen LogP contribution in [0.2, 0.25) is 0 Å². The number of fused-ring (bicyclic) bond motifs is 2. The van der Waals surface area contributed by atoms with Crippen LogP contribution in [0.15, 0.2) is 70.5 Å². The Hall–Kier alpha value is -1.21. The van der Waals surface area contributed by atoms with Crippen LogP contribution in [0.5, 0.6) is 0 Å². The molecule has 0 aliphatic carbocycles. The first-order chi connectivity index (χ1) is 30.9. The second kappa shape index (κ2) is 35.0. The van der Waals surface area contributed by atoms with Crippen LogP contribution in [0.3, 0.4) is 0 Å². The van der Waals surface area contributed by atoms with Crippen molar-refractivity contribution in [1.82, 2.24) is 0 Å². The molecular formula is C56H86BaO6S2. The summed E-state index contributed by atoms with van der Waals surface area (Å²) >= 11 is 0. The van der Waals surface area contributed by atoms with Gasteiger partial charge in [-0.1, -0.05) is 230 Å². The zero-order valence-corrected chi connectivity index (χ0v) is 47.4. The van der Waals surface area contributed by atoms with Crippen LogP contribution < -0.4 is 0 Å². The molecule has 0 unspecified atom stereocenters. The summed E-state index contributed by atoms with van der Waals surface area (Å²) in [5, 5.41) is 3.08. The fourth-order valence-electron chi connectivity index (χ4n) is 9.16. The van der Waals surface area contributed by atoms with Gasteiger partial charge in [0.25, 0.3) is 0 Å². The van der Waals surface area contributed by atoms with Gasteiger partial charge < -0.3 is 9.11 Å². The number of hydrogen-bond acceptors (Lipinski definition) is 6. The Morgan fingerprint density at radius 1 is 0.323 bits per heavy atom. The summed E-state index contributed by atoms with van der Waals surface area (Å²) in [6.45, 7) is 8.95. The maximum Gasteiger partial charge on any atom is 2.00 e. The smallest absolute Gasteiger partial charge is 0.744 e. The molecule has 0 bridgehead atoms. The third kappa shape index (κ3) is 23.8. The predicted octanol–water partition coefficient (Wildman–Crippen LogP) is 16.3. The SMILES string of the molecule is CCCCCCCCCc1ccc2c(S(=O)(=O)[O-])ccc(CCCCCCCCC)c2c1.CCCCCCCCCc1ccc2c(S(=O)(=O)[O-])ccc(CCCCCCCCC)c2c1.[Ba+2]. The molecule has 0 aliphatic rings. The first-order valence-electron chi connectivity index (χ1n) is 25.9. The van der Waals surface area contributed by atoms with Crippen LogP contribution in [-0.4, -0.2) is 74.8 Å². The second-order valence-corrected chi connectivity index (χ2v) is 21.3. The van der Waals surface area contributed by atoms with E-state index in [1.165, 1.54) is 188 Å². The first-order valence-corrected chi connectivity index (χ1v) is 28.8. The molecule has 65 heavy (non-hydrogen) atoms. The quantitative estimate of drug-likeness (QED) is 0.0261. The molecule has 4 aromatic rings. The number of rotatable bonds is 34. The minimum absolute atomic E-state index is 0. The van der Waals surface area contributed by atoms with E-state index in [-0.39, 0.29) is 58.7 Å². The molecule has 0 aliphatic heterocycles. The zero-order valence-electron chi connectivity index (χ0n) is 41.4. The Bertz CT molecular complexity index is 1960. The average molecular weight is 1060 g/mol. The molecule has 0 aromatic heterocycles. The van der Waals surface area contributed by atoms with Crippen LogP contribution in [0.4, 0.5) is 0 Å². The van der Waals surface area contributed by atoms with E-state index >= 15 is 0 Å². The van der Waals surface area contributed by atoms with Crippen LogP contribution >= 0.6 is 0 Å². The molecule has 0 heterocycles. The summed E-state index contributed by atoms with van der Waals surface area (Å²) in [6, 6.07) is 18.7. The van der Waals surface area contributed by atoms with Crippen molar-refractivity contribution in [3.05, 3.63) is 82.9 Å². The van der Waals surface area contributed by atoms with E-state index in [0.29, 0.717) is 10.8 Å². The van der Waals surface area contributed by atoms with Crippen molar-refractivity contribution < 1.29 is 25.9 Å². The normalized spacial score (nSPS) is 11.8. The van der Waals surface area contributed by atoms with Crippen molar-refractivity contribution in [2.75, 3.05) is 0 Å². The molecule has 0 N–H and O–H groups in total. The molecule has 4 rings (SSSR count). The molecule has 360 valence electrons. The molecular weight excluding hydrogens is 970 g/mol. The molecule has 0 radical (unpaired) electrons. The summed E-state index contributed by atoms with van der Waals surface area (Å²) in [4.78, 5) is -0.170. The predicted molar refractivity (Wildman–Crippen MR) is 276 cm³/mol. The van der Waals surface area contributed by atoms with Crippen molar-refractivity contribution >= 4 is 90.7 Å². The van der Waals surface area contributed by atoms with E-state index in [1.807, 2.05) is 36.4 Å². The Morgan fingerprint density at radius 2 is 0.585 bits per heavy atom. The van der Waals surface area contributed by atoms with Gasteiger partial charge in [0.1, 0.15) is 20.2 Å². The van der Waals surface area contributed by atoms with Crippen molar-refractivity contribution in [3.8, 4) is 0 Å². The maximum absolute atomic E-state index is 11.8. The third-order valence-electron chi connectivity index (χ3n) is 13.0. The summed E-state index contributed by atoms with van der Waals surface area (Å²) in [6.07, 6.45) is 39.3. The van der Waals surface area contributed by atoms with Crippen molar-refractivity contribution in [1.29, 1.82) is 0 Å². The van der Waals surface area contributed by atoms with Crippen molar-refractivity contribution in [2.24, 2.45) is 0 Å². The van der Waals surface area contributed by atoms with Gasteiger partial charge in [-0.05, 0) is 107 Å². The monoisotopic (exact) mass is 1060 g/mol. The average Bonchev–Trinajstić information content (AvgIpc) is 3.27. The van der Waals surface area contributed by atoms with Gasteiger partial charge in [-0.25, -0.2) is 16.8 Å². The zero-order chi connectivity index (χ0) is 46.5. The van der Waals surface area contributed by atoms with Gasteiger partial charge in [-0.15, -0.1) is 0 Å². The summed E-state index contributed by atoms with van der Waals surface area (Å²) < 4.78 is 70.8. The third-order valence-corrected chi connectivity index (χ3v) is 14.8. The van der Waals surface area contributed by atoms with Crippen LogP contribution in [0.1, 0.15) is 230 Å². The number of unbranched alkanes of at least 4 members (excludes halogenated alkanes) is 24. The maximum atomic E-state index is 11.8. The largest absolute Gasteiger partial charge is 2.00 e. The van der Waals surface area contributed by atoms with Crippen molar-refractivity contribution in [3.63, 3.8) is 0 Å². The van der Waals surface area contributed by atoms with Gasteiger partial charge in [-0.3, -0.25) is 0 Å². The summed E-state index contributed by atoms with van der Waals surface area (Å²) in [5.41, 5.74) is 4.82. The Kier molecular flexibility index (Phi) is 32.2. The molecule has 4 aromatic carbocycles. The number of benzene rings is 4. The summed E-state index contributed by atoms with van der Waals surface area (Å²) in [5.74, 6) is 0. The summed E-state index contributed by atoms with van der Waals surface area (Å²) in [7, 11) is -8.96. The van der Waals surface area contributed by atoms with E-state index in [9.17, 15) is 25.9 Å². The van der Waals surface area contributed by atoms with Gasteiger partial charge >= 0.3 is 48.9 Å². The van der Waals surface area contributed by atoms with Gasteiger partial charge in [0.15, 0.2) is 0 Å². The van der Waals surface area contributed by atoms with Gasteiger partial charge in [0.05, 0.1) is 9.79 Å². The van der Waals surface area contributed by atoms with Gasteiger partial charge in [-0.2, -0.15) is 0 Å². The number of aryl methyl sites for hydroxylation is 4. The minimum atomic E-state index is -4.48. The standard InChI is InChI=1S/2C28H44O3S.Ba/c2*1-3-5-7-9-11-13-15-17-24-19-21-26-27(23-24)25(20-22-28(26)32(29,30)31)18-16-14-12-10-8-6-4-2;/h2*19-23H,3-18H2,1-2H3,(H,29,30,31);/q;;+2/p-2. The molecule has 0 fully saturated rings. The van der Waals surface area contributed by atoms with Gasteiger partial charge in [0.2, 0.25) is 0 Å². The fraction of sp³-hybridized carbons (Fsp3) is 0.643. The molecule has 0 atom stereocenters. The molecule has 0 amide bonds. The minimum Gasteiger partial charge on any atom is -0.744 e. The fourth-order valence-corrected chi connectivity index (χ4v) is 10.5. The van der Waals surface area contributed by atoms with E-state index in [1.54, 1.807) is 0 Å². The Morgan fingerprint density at radius 3 is 0.862 bits per heavy atom. The van der Waals surface area contributed by atoms with Crippen LogP contribution in [0.25, 0.3) is 21.5 Å². The van der Waals surface area contributed by atoms with E-state index in [0.717, 1.165) is 62.1 Å². The topological polar surface area (TPSA) is 114 Å². The second-order valence-electron chi connectivity index (χ2n) is 18.6. The molecule has 0 saturated carbocycles. The Labute approximate surface area is 438 Å². The molecule has 0 spiro atoms. The molecule has 9 heteroatoms. The molecule has 6 nitrogen and oxygen atoms in total. The van der Waals surface area contributed by atoms with Gasteiger partial charge in [0, 0.05) is 0 Å². The molecule has 0 saturated heterocycles. The van der Waals surface area contributed by atoms with Crippen LogP contribution in [-0.2, 0) is 45.9 Å². The van der Waals surface area contributed by atoms with Crippen molar-refractivity contribution in [2.45, 2.75) is 243 Å². The number of hydrogen-bond donors (Lipinski definition) is 0. The van der Waals surface area contributed by atoms with E-state index in [2.05, 4.69) is 39.8 Å². The first kappa shape index (κ1) is 59.9. The van der Waals surface area contributed by atoms with E-state index < -0.39 is 20.2 Å². The van der Waals surface area contributed by atoms with E-state index in [4.69, 9.17) is 0 Å². The van der Waals surface area contributed by atoms with Crippen LogP contribution in [0, 0.1) is 0 Å².